The smallest absolute Gasteiger partial charge is 0.223 e. The number of aromatic amines is 1. The van der Waals surface area contributed by atoms with Gasteiger partial charge in [0, 0.05) is 29.1 Å². The lowest BCUT2D eigenvalue weighted by atomic mass is 10.1. The molecule has 1 fully saturated rings. The highest BCUT2D eigenvalue weighted by molar-refractivity contribution is 5.85. The summed E-state index contributed by atoms with van der Waals surface area (Å²) in [5, 5.41) is 3.86. The average molecular weight is 260 g/mol. The Morgan fingerprint density at radius 1 is 1.47 bits per heavy atom. The molecule has 0 radical (unpaired) electrons. The van der Waals surface area contributed by atoms with Gasteiger partial charge in [-0.3, -0.25) is 4.79 Å². The molecule has 0 atom stereocenters. The van der Waals surface area contributed by atoms with Crippen LogP contribution in [0.3, 0.4) is 0 Å². The minimum absolute atomic E-state index is 0.156. The zero-order chi connectivity index (χ0) is 13.4. The van der Waals surface area contributed by atoms with Crippen LogP contribution in [0.5, 0.6) is 0 Å². The fourth-order valence-electron chi connectivity index (χ4n) is 2.48. The van der Waals surface area contributed by atoms with E-state index in [4.69, 9.17) is 0 Å². The molecule has 0 bridgehead atoms. The largest absolute Gasteiger partial charge is 0.358 e. The van der Waals surface area contributed by atoms with Gasteiger partial charge in [0.2, 0.25) is 5.91 Å². The van der Waals surface area contributed by atoms with Crippen molar-refractivity contribution in [2.75, 3.05) is 6.54 Å². The number of carbonyl (C=O) groups is 1. The number of hydrogen-bond acceptors (Lipinski definition) is 1. The Kier molecular flexibility index (Phi) is 3.01. The van der Waals surface area contributed by atoms with Crippen molar-refractivity contribution >= 4 is 16.8 Å². The van der Waals surface area contributed by atoms with Crippen molar-refractivity contribution in [2.24, 2.45) is 5.92 Å². The number of aromatic nitrogens is 1. The number of halogens is 1. The number of benzene rings is 1. The zero-order valence-electron chi connectivity index (χ0n) is 10.9. The van der Waals surface area contributed by atoms with E-state index in [2.05, 4.69) is 10.3 Å². The molecule has 1 aliphatic rings. The second-order valence-electron chi connectivity index (χ2n) is 5.23. The summed E-state index contributed by atoms with van der Waals surface area (Å²) in [6, 6.07) is 4.76. The highest BCUT2D eigenvalue weighted by Crippen LogP contribution is 2.28. The summed E-state index contributed by atoms with van der Waals surface area (Å²) in [7, 11) is 0. The van der Waals surface area contributed by atoms with Gasteiger partial charge in [0.05, 0.1) is 0 Å². The van der Waals surface area contributed by atoms with Crippen molar-refractivity contribution in [3.05, 3.63) is 35.3 Å². The standard InChI is InChI=1S/C15H17FN2O/c1-9-12(6-7-17-15(19)10-2-3-10)13-8-11(16)4-5-14(13)18-9/h4-5,8,10,18H,2-3,6-7H2,1H3,(H,17,19). The molecule has 3 nitrogen and oxygen atoms in total. The minimum Gasteiger partial charge on any atom is -0.358 e. The number of H-pyrrole nitrogens is 1. The number of hydrogen-bond donors (Lipinski definition) is 2. The highest BCUT2D eigenvalue weighted by Gasteiger charge is 2.29. The summed E-state index contributed by atoms with van der Waals surface area (Å²) in [5.74, 6) is 0.167. The third-order valence-corrected chi connectivity index (χ3v) is 3.70. The predicted molar refractivity (Wildman–Crippen MR) is 72.4 cm³/mol. The molecule has 19 heavy (non-hydrogen) atoms. The highest BCUT2D eigenvalue weighted by atomic mass is 19.1. The molecule has 0 unspecified atom stereocenters. The summed E-state index contributed by atoms with van der Waals surface area (Å²) in [4.78, 5) is 14.8. The molecular formula is C15H17FN2O. The molecule has 1 heterocycles. The van der Waals surface area contributed by atoms with E-state index in [1.807, 2.05) is 6.92 Å². The van der Waals surface area contributed by atoms with Gasteiger partial charge in [-0.15, -0.1) is 0 Å². The number of rotatable bonds is 4. The number of nitrogens with one attached hydrogen (secondary N) is 2. The van der Waals surface area contributed by atoms with Crippen LogP contribution in [-0.2, 0) is 11.2 Å². The fraction of sp³-hybridized carbons (Fsp3) is 0.400. The lowest BCUT2D eigenvalue weighted by molar-refractivity contribution is -0.122. The Hall–Kier alpha value is -1.84. The molecule has 1 amide bonds. The molecule has 1 saturated carbocycles. The van der Waals surface area contributed by atoms with Crippen molar-refractivity contribution < 1.29 is 9.18 Å². The number of aryl methyl sites for hydroxylation is 1. The molecule has 2 aromatic rings. The van der Waals surface area contributed by atoms with Gasteiger partial charge in [-0.25, -0.2) is 4.39 Å². The summed E-state index contributed by atoms with van der Waals surface area (Å²) >= 11 is 0. The molecule has 1 aromatic carbocycles. The van der Waals surface area contributed by atoms with Gasteiger partial charge >= 0.3 is 0 Å². The topological polar surface area (TPSA) is 44.9 Å². The van der Waals surface area contributed by atoms with Gasteiger partial charge in [-0.2, -0.15) is 0 Å². The second-order valence-corrected chi connectivity index (χ2v) is 5.23. The van der Waals surface area contributed by atoms with Gasteiger partial charge in [0.25, 0.3) is 0 Å². The van der Waals surface area contributed by atoms with Gasteiger partial charge in [0.1, 0.15) is 5.82 Å². The molecular weight excluding hydrogens is 243 g/mol. The van der Waals surface area contributed by atoms with E-state index in [-0.39, 0.29) is 17.6 Å². The summed E-state index contributed by atoms with van der Waals surface area (Å²) in [5.41, 5.74) is 3.08. The third kappa shape index (κ3) is 2.48. The molecule has 3 rings (SSSR count). The Morgan fingerprint density at radius 2 is 2.26 bits per heavy atom. The predicted octanol–water partition coefficient (Wildman–Crippen LogP) is 2.68. The van der Waals surface area contributed by atoms with E-state index in [1.165, 1.54) is 6.07 Å². The van der Waals surface area contributed by atoms with E-state index < -0.39 is 0 Å². The Balaban J connectivity index is 1.74. The van der Waals surface area contributed by atoms with Crippen LogP contribution < -0.4 is 5.32 Å². The normalized spacial score (nSPS) is 14.8. The first-order chi connectivity index (χ1) is 9.15. The van der Waals surface area contributed by atoms with Crippen molar-refractivity contribution in [3.8, 4) is 0 Å². The lowest BCUT2D eigenvalue weighted by Gasteiger charge is -2.04. The van der Waals surface area contributed by atoms with Gasteiger partial charge in [-0.05, 0) is 49.9 Å². The van der Waals surface area contributed by atoms with Crippen LogP contribution in [-0.4, -0.2) is 17.4 Å². The van der Waals surface area contributed by atoms with Crippen LogP contribution >= 0.6 is 0 Å². The average Bonchev–Trinajstić information content (AvgIpc) is 3.17. The molecule has 0 saturated heterocycles. The van der Waals surface area contributed by atoms with Crippen LogP contribution in [0.25, 0.3) is 10.9 Å². The van der Waals surface area contributed by atoms with Gasteiger partial charge in [-0.1, -0.05) is 0 Å². The van der Waals surface area contributed by atoms with Gasteiger partial charge in [0.15, 0.2) is 0 Å². The van der Waals surface area contributed by atoms with Crippen LogP contribution in [0.4, 0.5) is 4.39 Å². The van der Waals surface area contributed by atoms with E-state index in [0.717, 1.165) is 41.4 Å². The van der Waals surface area contributed by atoms with Crippen molar-refractivity contribution in [3.63, 3.8) is 0 Å². The first kappa shape index (κ1) is 12.2. The minimum atomic E-state index is -0.227. The van der Waals surface area contributed by atoms with Gasteiger partial charge < -0.3 is 10.3 Å². The molecule has 1 aromatic heterocycles. The van der Waals surface area contributed by atoms with Crippen LogP contribution in [0.15, 0.2) is 18.2 Å². The van der Waals surface area contributed by atoms with Crippen LogP contribution in [0, 0.1) is 18.7 Å². The third-order valence-electron chi connectivity index (χ3n) is 3.70. The summed E-state index contributed by atoms with van der Waals surface area (Å²) < 4.78 is 13.3. The Labute approximate surface area is 111 Å². The van der Waals surface area contributed by atoms with Crippen molar-refractivity contribution in [1.82, 2.24) is 10.3 Å². The Morgan fingerprint density at radius 3 is 3.00 bits per heavy atom. The SMILES string of the molecule is Cc1[nH]c2ccc(F)cc2c1CCNC(=O)C1CC1. The van der Waals surface area contributed by atoms with Crippen molar-refractivity contribution in [2.45, 2.75) is 26.2 Å². The molecule has 4 heteroatoms. The van der Waals surface area contributed by atoms with Crippen LogP contribution in [0.1, 0.15) is 24.1 Å². The molecule has 2 N–H and O–H groups in total. The number of fused-ring (bicyclic) bond motifs is 1. The molecule has 100 valence electrons. The lowest BCUT2D eigenvalue weighted by Crippen LogP contribution is -2.27. The number of amides is 1. The maximum Gasteiger partial charge on any atom is 0.223 e. The maximum atomic E-state index is 13.3. The monoisotopic (exact) mass is 260 g/mol. The molecule has 1 aliphatic carbocycles. The van der Waals surface area contributed by atoms with E-state index in [1.54, 1.807) is 12.1 Å². The molecule has 0 spiro atoms. The van der Waals surface area contributed by atoms with E-state index >= 15 is 0 Å². The second kappa shape index (κ2) is 4.68. The quantitative estimate of drug-likeness (QED) is 0.872. The zero-order valence-corrected chi connectivity index (χ0v) is 10.9. The Bertz CT molecular complexity index is 628. The fourth-order valence-corrected chi connectivity index (χ4v) is 2.48. The first-order valence-corrected chi connectivity index (χ1v) is 6.69. The van der Waals surface area contributed by atoms with Crippen LogP contribution in [0.2, 0.25) is 0 Å². The summed E-state index contributed by atoms with van der Waals surface area (Å²) in [6.45, 7) is 2.59. The van der Waals surface area contributed by atoms with E-state index in [0.29, 0.717) is 6.54 Å². The maximum absolute atomic E-state index is 13.3. The number of carbonyl (C=O) groups excluding carboxylic acids is 1. The van der Waals surface area contributed by atoms with E-state index in [9.17, 15) is 9.18 Å². The molecule has 0 aliphatic heterocycles. The first-order valence-electron chi connectivity index (χ1n) is 6.69. The summed E-state index contributed by atoms with van der Waals surface area (Å²) in [6.07, 6.45) is 2.76. The van der Waals surface area contributed by atoms with Crippen molar-refractivity contribution in [1.29, 1.82) is 0 Å².